The van der Waals surface area contributed by atoms with Crippen LogP contribution in [0, 0.1) is 5.92 Å². The van der Waals surface area contributed by atoms with Crippen molar-refractivity contribution in [2.75, 3.05) is 44.2 Å². The molecule has 5 rings (SSSR count). The highest BCUT2D eigenvalue weighted by Crippen LogP contribution is 2.33. The third kappa shape index (κ3) is 3.86. The number of aromatic nitrogens is 2. The average Bonchev–Trinajstić information content (AvgIpc) is 3.46. The van der Waals surface area contributed by atoms with Crippen LogP contribution in [0.1, 0.15) is 6.42 Å². The Kier molecular flexibility index (Phi) is 5.38. The SMILES string of the molecule is O=C(O)N1CCN(C(=O)C2CCN(c3ccc(Cl)c(-c4nc5ccccc5[nH]4)c3)C2)CC1. The first kappa shape index (κ1) is 20.6. The normalized spacial score (nSPS) is 19.0. The third-order valence-corrected chi connectivity index (χ3v) is 6.69. The van der Waals surface area contributed by atoms with E-state index in [1.807, 2.05) is 42.5 Å². The summed E-state index contributed by atoms with van der Waals surface area (Å²) in [5, 5.41) is 9.72. The fourth-order valence-corrected chi connectivity index (χ4v) is 4.75. The van der Waals surface area contributed by atoms with Crippen LogP contribution in [0.15, 0.2) is 42.5 Å². The number of carbonyl (C=O) groups excluding carboxylic acids is 1. The van der Waals surface area contributed by atoms with Gasteiger partial charge < -0.3 is 24.8 Å². The van der Waals surface area contributed by atoms with Crippen molar-refractivity contribution >= 4 is 40.3 Å². The molecule has 8 nitrogen and oxygen atoms in total. The molecule has 3 aromatic rings. The maximum absolute atomic E-state index is 13.0. The first-order valence-corrected chi connectivity index (χ1v) is 11.1. The van der Waals surface area contributed by atoms with E-state index >= 15 is 0 Å². The van der Waals surface area contributed by atoms with Gasteiger partial charge in [-0.05, 0) is 36.8 Å². The number of piperazine rings is 1. The van der Waals surface area contributed by atoms with Crippen molar-refractivity contribution in [3.8, 4) is 11.4 Å². The number of carboxylic acid groups (broad SMARTS) is 1. The molecular formula is C23H24ClN5O3. The highest BCUT2D eigenvalue weighted by atomic mass is 35.5. The van der Waals surface area contributed by atoms with Crippen molar-refractivity contribution in [1.29, 1.82) is 0 Å². The number of amides is 2. The van der Waals surface area contributed by atoms with Crippen LogP contribution < -0.4 is 4.90 Å². The van der Waals surface area contributed by atoms with E-state index in [9.17, 15) is 9.59 Å². The Morgan fingerprint density at radius 3 is 2.53 bits per heavy atom. The molecule has 166 valence electrons. The summed E-state index contributed by atoms with van der Waals surface area (Å²) in [6.45, 7) is 3.08. The van der Waals surface area contributed by atoms with Gasteiger partial charge in [0.15, 0.2) is 0 Å². The standard InChI is InChI=1S/C23H24ClN5O3/c24-18-6-5-16(13-17(18)21-25-19-3-1-2-4-20(19)26-21)29-8-7-15(14-29)22(30)27-9-11-28(12-10-27)23(31)32/h1-6,13,15H,7-12,14H2,(H,25,26)(H,31,32). The lowest BCUT2D eigenvalue weighted by atomic mass is 10.1. The summed E-state index contributed by atoms with van der Waals surface area (Å²) in [5.74, 6) is 0.752. The van der Waals surface area contributed by atoms with Gasteiger partial charge in [0.1, 0.15) is 5.82 Å². The van der Waals surface area contributed by atoms with E-state index in [0.29, 0.717) is 37.7 Å². The zero-order chi connectivity index (χ0) is 22.2. The first-order valence-electron chi connectivity index (χ1n) is 10.8. The van der Waals surface area contributed by atoms with E-state index in [0.717, 1.165) is 41.1 Å². The Hall–Kier alpha value is -3.26. The van der Waals surface area contributed by atoms with Crippen LogP contribution in [-0.4, -0.2) is 76.1 Å². The summed E-state index contributed by atoms with van der Waals surface area (Å²) < 4.78 is 0. The molecule has 2 aliphatic heterocycles. The number of fused-ring (bicyclic) bond motifs is 1. The number of nitrogens with zero attached hydrogens (tertiary/aromatic N) is 4. The molecule has 0 radical (unpaired) electrons. The number of rotatable bonds is 3. The number of halogens is 1. The summed E-state index contributed by atoms with van der Waals surface area (Å²) in [7, 11) is 0. The summed E-state index contributed by atoms with van der Waals surface area (Å²) >= 11 is 6.49. The Balaban J connectivity index is 1.30. The zero-order valence-corrected chi connectivity index (χ0v) is 18.3. The van der Waals surface area contributed by atoms with E-state index < -0.39 is 6.09 Å². The van der Waals surface area contributed by atoms with Crippen molar-refractivity contribution in [3.05, 3.63) is 47.5 Å². The van der Waals surface area contributed by atoms with E-state index in [1.165, 1.54) is 4.90 Å². The van der Waals surface area contributed by atoms with Crippen LogP contribution in [0.4, 0.5) is 10.5 Å². The van der Waals surface area contributed by atoms with Gasteiger partial charge in [-0.1, -0.05) is 23.7 Å². The lowest BCUT2D eigenvalue weighted by Crippen LogP contribution is -2.51. The van der Waals surface area contributed by atoms with E-state index in [2.05, 4.69) is 14.9 Å². The zero-order valence-electron chi connectivity index (χ0n) is 17.5. The number of hydrogen-bond acceptors (Lipinski definition) is 4. The van der Waals surface area contributed by atoms with Crippen LogP contribution in [0.5, 0.6) is 0 Å². The number of benzene rings is 2. The lowest BCUT2D eigenvalue weighted by molar-refractivity contribution is -0.136. The van der Waals surface area contributed by atoms with Crippen LogP contribution in [0.25, 0.3) is 22.4 Å². The Labute approximate surface area is 190 Å². The highest BCUT2D eigenvalue weighted by molar-refractivity contribution is 6.33. The molecule has 1 unspecified atom stereocenters. The van der Waals surface area contributed by atoms with Gasteiger partial charge in [0.25, 0.3) is 0 Å². The summed E-state index contributed by atoms with van der Waals surface area (Å²) in [6, 6.07) is 13.7. The Bertz CT molecular complexity index is 1140. The molecule has 2 saturated heterocycles. The number of aromatic amines is 1. The number of hydrogen-bond donors (Lipinski definition) is 2. The van der Waals surface area contributed by atoms with Gasteiger partial charge in [0.2, 0.25) is 5.91 Å². The number of imidazole rings is 1. The van der Waals surface area contributed by atoms with Crippen LogP contribution >= 0.6 is 11.6 Å². The largest absolute Gasteiger partial charge is 0.465 e. The van der Waals surface area contributed by atoms with Crippen molar-refractivity contribution in [2.45, 2.75) is 6.42 Å². The molecule has 1 atom stereocenters. The van der Waals surface area contributed by atoms with Gasteiger partial charge in [-0.2, -0.15) is 0 Å². The fourth-order valence-electron chi connectivity index (χ4n) is 4.54. The maximum atomic E-state index is 13.0. The Morgan fingerprint density at radius 1 is 1.03 bits per heavy atom. The van der Waals surface area contributed by atoms with Crippen molar-refractivity contribution in [1.82, 2.24) is 19.8 Å². The van der Waals surface area contributed by atoms with E-state index in [4.69, 9.17) is 16.7 Å². The molecule has 0 aliphatic carbocycles. The second-order valence-corrected chi connectivity index (χ2v) is 8.70. The third-order valence-electron chi connectivity index (χ3n) is 6.36. The predicted octanol–water partition coefficient (Wildman–Crippen LogP) is 3.53. The quantitative estimate of drug-likeness (QED) is 0.632. The topological polar surface area (TPSA) is 92.8 Å². The van der Waals surface area contributed by atoms with Gasteiger partial charge in [-0.25, -0.2) is 9.78 Å². The van der Waals surface area contributed by atoms with Crippen LogP contribution in [0.3, 0.4) is 0 Å². The number of H-pyrrole nitrogens is 1. The lowest BCUT2D eigenvalue weighted by Gasteiger charge is -2.34. The summed E-state index contributed by atoms with van der Waals surface area (Å²) in [6.07, 6.45) is -0.146. The van der Waals surface area contributed by atoms with Crippen molar-refractivity contribution < 1.29 is 14.7 Å². The molecule has 32 heavy (non-hydrogen) atoms. The van der Waals surface area contributed by atoms with E-state index in [1.54, 1.807) is 4.90 Å². The van der Waals surface area contributed by atoms with E-state index in [-0.39, 0.29) is 11.8 Å². The van der Waals surface area contributed by atoms with Gasteiger partial charge in [-0.15, -0.1) is 0 Å². The van der Waals surface area contributed by atoms with Gasteiger partial charge in [0.05, 0.1) is 22.0 Å². The molecule has 0 saturated carbocycles. The minimum Gasteiger partial charge on any atom is -0.465 e. The Morgan fingerprint density at radius 2 is 1.78 bits per heavy atom. The molecule has 3 heterocycles. The van der Waals surface area contributed by atoms with Gasteiger partial charge in [0, 0.05) is 50.5 Å². The van der Waals surface area contributed by atoms with Crippen molar-refractivity contribution in [3.63, 3.8) is 0 Å². The van der Waals surface area contributed by atoms with Gasteiger partial charge in [-0.3, -0.25) is 4.79 Å². The molecule has 9 heteroatoms. The molecule has 2 aromatic carbocycles. The number of carbonyl (C=O) groups is 2. The highest BCUT2D eigenvalue weighted by Gasteiger charge is 2.33. The van der Waals surface area contributed by atoms with Crippen LogP contribution in [-0.2, 0) is 4.79 Å². The van der Waals surface area contributed by atoms with Gasteiger partial charge >= 0.3 is 6.09 Å². The molecular weight excluding hydrogens is 430 g/mol. The summed E-state index contributed by atoms with van der Waals surface area (Å²) in [4.78, 5) is 37.5. The summed E-state index contributed by atoms with van der Waals surface area (Å²) in [5.41, 5.74) is 3.69. The molecule has 2 fully saturated rings. The minimum absolute atomic E-state index is 0.0864. The molecule has 2 amide bonds. The van der Waals surface area contributed by atoms with Crippen LogP contribution in [0.2, 0.25) is 5.02 Å². The molecule has 2 aliphatic rings. The van der Waals surface area contributed by atoms with Crippen molar-refractivity contribution in [2.24, 2.45) is 5.92 Å². The smallest absolute Gasteiger partial charge is 0.407 e. The predicted molar refractivity (Wildman–Crippen MR) is 123 cm³/mol. The second-order valence-electron chi connectivity index (χ2n) is 8.29. The monoisotopic (exact) mass is 453 g/mol. The fraction of sp³-hybridized carbons (Fsp3) is 0.348. The molecule has 0 spiro atoms. The molecule has 2 N–H and O–H groups in total. The second kappa shape index (κ2) is 8.35. The minimum atomic E-state index is -0.924. The number of nitrogens with one attached hydrogen (secondary N) is 1. The number of para-hydroxylation sites is 2. The maximum Gasteiger partial charge on any atom is 0.407 e. The first-order chi connectivity index (χ1) is 15.5. The molecule has 0 bridgehead atoms. The number of anilines is 1. The molecule has 1 aromatic heterocycles. The average molecular weight is 454 g/mol.